The van der Waals surface area contributed by atoms with Crippen molar-refractivity contribution in [1.29, 1.82) is 0 Å². The molecule has 13 nitrogen and oxygen atoms in total. The quantitative estimate of drug-likeness (QED) is 0.246. The summed E-state index contributed by atoms with van der Waals surface area (Å²) >= 11 is 3.46. The smallest absolute Gasteiger partial charge is 0.425 e. The Morgan fingerprint density at radius 2 is 1.53 bits per heavy atom. The fraction of sp³-hybridized carbons (Fsp3) is 0.485. The lowest BCUT2D eigenvalue weighted by molar-refractivity contribution is 0.0269. The fourth-order valence-corrected chi connectivity index (χ4v) is 4.72. The van der Waals surface area contributed by atoms with Crippen LogP contribution in [-0.4, -0.2) is 63.0 Å². The molecule has 47 heavy (non-hydrogen) atoms. The molecular weight excluding hydrogens is 672 g/mol. The number of hydrazine groups is 1. The summed E-state index contributed by atoms with van der Waals surface area (Å²) in [5.74, 6) is 0.286. The Hall–Kier alpha value is -4.33. The Morgan fingerprint density at radius 1 is 0.936 bits per heavy atom. The van der Waals surface area contributed by atoms with Crippen LogP contribution in [0.3, 0.4) is 0 Å². The van der Waals surface area contributed by atoms with E-state index in [0.717, 1.165) is 16.7 Å². The van der Waals surface area contributed by atoms with Gasteiger partial charge in [-0.2, -0.15) is 4.90 Å². The summed E-state index contributed by atoms with van der Waals surface area (Å²) in [4.78, 5) is 57.6. The van der Waals surface area contributed by atoms with Crippen molar-refractivity contribution >= 4 is 57.2 Å². The van der Waals surface area contributed by atoms with Gasteiger partial charge in [-0.3, -0.25) is 5.43 Å². The van der Waals surface area contributed by atoms with Crippen LogP contribution in [0.2, 0.25) is 0 Å². The number of ether oxygens (including phenoxy) is 3. The summed E-state index contributed by atoms with van der Waals surface area (Å²) in [7, 11) is 0. The molecule has 0 saturated heterocycles. The van der Waals surface area contributed by atoms with E-state index in [1.807, 2.05) is 51.1 Å². The molecule has 0 aliphatic carbocycles. The summed E-state index contributed by atoms with van der Waals surface area (Å²) in [5.41, 5.74) is 3.67. The van der Waals surface area contributed by atoms with Gasteiger partial charge >= 0.3 is 18.3 Å². The molecule has 0 radical (unpaired) electrons. The maximum Gasteiger partial charge on any atom is 0.425 e. The number of hydrogen-bond acceptors (Lipinski definition) is 11. The van der Waals surface area contributed by atoms with E-state index in [0.29, 0.717) is 41.2 Å². The van der Waals surface area contributed by atoms with Crippen molar-refractivity contribution in [1.82, 2.24) is 20.3 Å². The largest absolute Gasteiger partial charge is 0.444 e. The van der Waals surface area contributed by atoms with Crippen LogP contribution >= 0.6 is 15.9 Å². The molecule has 2 aliphatic heterocycles. The van der Waals surface area contributed by atoms with Crippen LogP contribution in [0.15, 0.2) is 42.7 Å². The number of anilines is 2. The number of aromatic nitrogens is 2. The summed E-state index contributed by atoms with van der Waals surface area (Å²) < 4.78 is 16.7. The number of nitrogens with one attached hydrogen (secondary N) is 1. The third-order valence-corrected chi connectivity index (χ3v) is 7.02. The summed E-state index contributed by atoms with van der Waals surface area (Å²) in [5, 5.41) is 1.93. The number of carbonyl (C=O) groups is 3. The minimum atomic E-state index is -1.00. The fourth-order valence-electron chi connectivity index (χ4n) is 4.35. The SMILES string of the molecule is CC(C)(C)OC(=O)N1CC=C(c2cnc(N(C(=O)OC(C)(C)C)C(=O)OC(C)(C)C)c(N3NC=C(c4ccc(CBr)cc4)O3)n2)CC1. The van der Waals surface area contributed by atoms with E-state index >= 15 is 0 Å². The van der Waals surface area contributed by atoms with Crippen LogP contribution in [0.25, 0.3) is 11.3 Å². The number of imide groups is 1. The maximum atomic E-state index is 13.6. The Morgan fingerprint density at radius 3 is 2.04 bits per heavy atom. The van der Waals surface area contributed by atoms with Crippen molar-refractivity contribution in [2.45, 2.75) is 90.9 Å². The van der Waals surface area contributed by atoms with Gasteiger partial charge in [0, 0.05) is 24.0 Å². The summed E-state index contributed by atoms with van der Waals surface area (Å²) in [6.07, 6.45) is 3.01. The average Bonchev–Trinajstić information content (AvgIpc) is 3.45. The molecule has 1 N–H and O–H groups in total. The van der Waals surface area contributed by atoms with Gasteiger partial charge in [-0.1, -0.05) is 51.4 Å². The van der Waals surface area contributed by atoms with Crippen LogP contribution in [0.5, 0.6) is 0 Å². The second-order valence-corrected chi connectivity index (χ2v) is 14.5. The predicted molar refractivity (Wildman–Crippen MR) is 181 cm³/mol. The predicted octanol–water partition coefficient (Wildman–Crippen LogP) is 7.33. The molecule has 254 valence electrons. The van der Waals surface area contributed by atoms with E-state index in [1.165, 1.54) is 11.4 Å². The molecule has 3 heterocycles. The zero-order valence-corrected chi connectivity index (χ0v) is 29.9. The first-order valence-electron chi connectivity index (χ1n) is 15.2. The molecule has 0 atom stereocenters. The lowest BCUT2D eigenvalue weighted by Crippen LogP contribution is -2.45. The third-order valence-electron chi connectivity index (χ3n) is 6.38. The molecule has 2 aliphatic rings. The van der Waals surface area contributed by atoms with E-state index in [2.05, 4.69) is 26.3 Å². The van der Waals surface area contributed by atoms with Gasteiger partial charge in [-0.15, -0.1) is 0 Å². The molecule has 0 bridgehead atoms. The molecular formula is C33H43BrN6O7. The van der Waals surface area contributed by atoms with Gasteiger partial charge in [0.2, 0.25) is 5.82 Å². The molecule has 0 fully saturated rings. The molecule has 0 unspecified atom stereocenters. The van der Waals surface area contributed by atoms with Crippen LogP contribution in [0.1, 0.15) is 85.6 Å². The normalized spacial score (nSPS) is 15.2. The monoisotopic (exact) mass is 714 g/mol. The summed E-state index contributed by atoms with van der Waals surface area (Å²) in [6.45, 7) is 16.3. The highest BCUT2D eigenvalue weighted by Gasteiger charge is 2.38. The summed E-state index contributed by atoms with van der Waals surface area (Å²) in [6, 6.07) is 7.75. The number of benzene rings is 1. The highest BCUT2D eigenvalue weighted by atomic mass is 79.9. The number of alkyl halides is 1. The molecule has 0 saturated carbocycles. The third kappa shape index (κ3) is 9.60. The maximum absolute atomic E-state index is 13.6. The first-order valence-corrected chi connectivity index (χ1v) is 16.4. The number of nitrogens with zero attached hydrogens (tertiary/aromatic N) is 5. The van der Waals surface area contributed by atoms with Gasteiger partial charge in [0.1, 0.15) is 16.8 Å². The van der Waals surface area contributed by atoms with Crippen molar-refractivity contribution in [3.63, 3.8) is 0 Å². The van der Waals surface area contributed by atoms with Gasteiger partial charge in [0.15, 0.2) is 11.6 Å². The van der Waals surface area contributed by atoms with E-state index in [1.54, 1.807) is 52.6 Å². The lowest BCUT2D eigenvalue weighted by Gasteiger charge is -2.30. The highest BCUT2D eigenvalue weighted by molar-refractivity contribution is 9.08. The second-order valence-electron chi connectivity index (χ2n) is 14.0. The Labute approximate surface area is 283 Å². The van der Waals surface area contributed by atoms with Gasteiger partial charge < -0.3 is 23.9 Å². The molecule has 1 aromatic carbocycles. The molecule has 0 spiro atoms. The Bertz CT molecular complexity index is 1530. The molecule has 2 aromatic rings. The van der Waals surface area contributed by atoms with Gasteiger partial charge in [0.25, 0.3) is 0 Å². The number of rotatable bonds is 5. The molecule has 4 rings (SSSR count). The van der Waals surface area contributed by atoms with Crippen molar-refractivity contribution in [2.75, 3.05) is 23.2 Å². The van der Waals surface area contributed by atoms with E-state index in [4.69, 9.17) is 24.0 Å². The first-order chi connectivity index (χ1) is 21.8. The Balaban J connectivity index is 1.73. The number of hydrogen-bond donors (Lipinski definition) is 1. The highest BCUT2D eigenvalue weighted by Crippen LogP contribution is 2.34. The molecule has 14 heteroatoms. The van der Waals surface area contributed by atoms with Gasteiger partial charge in [0.05, 0.1) is 18.1 Å². The van der Waals surface area contributed by atoms with Crippen LogP contribution < -0.4 is 15.5 Å². The van der Waals surface area contributed by atoms with Crippen LogP contribution in [0.4, 0.5) is 26.0 Å². The minimum absolute atomic E-state index is 0.00183. The molecule has 3 amide bonds. The van der Waals surface area contributed by atoms with E-state index in [-0.39, 0.29) is 11.6 Å². The van der Waals surface area contributed by atoms with E-state index in [9.17, 15) is 14.4 Å². The standard InChI is InChI=1S/C33H43BrN6O7/c1-31(2,3)44-28(41)38-16-14-22(15-17-38)24-19-35-26(39(29(42)45-32(4,5)6)30(43)46-33(7,8)9)27(37-24)40-36-20-25(47-40)23-12-10-21(18-34)11-13-23/h10-14,19-20,36H,15-18H2,1-9H3. The Kier molecular flexibility index (Phi) is 10.4. The van der Waals surface area contributed by atoms with Crippen molar-refractivity contribution in [2.24, 2.45) is 0 Å². The topological polar surface area (TPSA) is 136 Å². The van der Waals surface area contributed by atoms with Crippen molar-refractivity contribution in [3.05, 3.63) is 59.6 Å². The van der Waals surface area contributed by atoms with Crippen molar-refractivity contribution < 1.29 is 33.4 Å². The van der Waals surface area contributed by atoms with Crippen LogP contribution in [0, 0.1) is 0 Å². The number of amides is 3. The zero-order chi connectivity index (χ0) is 34.7. The van der Waals surface area contributed by atoms with Crippen molar-refractivity contribution in [3.8, 4) is 0 Å². The van der Waals surface area contributed by atoms with Crippen LogP contribution in [-0.2, 0) is 24.4 Å². The van der Waals surface area contributed by atoms with E-state index < -0.39 is 35.1 Å². The average molecular weight is 716 g/mol. The van der Waals surface area contributed by atoms with Gasteiger partial charge in [-0.05, 0) is 79.9 Å². The second kappa shape index (κ2) is 13.8. The number of halogens is 1. The molecule has 1 aromatic heterocycles. The van der Waals surface area contributed by atoms with Gasteiger partial charge in [-0.25, -0.2) is 24.4 Å². The lowest BCUT2D eigenvalue weighted by atomic mass is 10.1. The minimum Gasteiger partial charge on any atom is -0.444 e. The first kappa shape index (κ1) is 35.5. The number of carbonyl (C=O) groups excluding carboxylic acids is 3. The zero-order valence-electron chi connectivity index (χ0n) is 28.3.